The summed E-state index contributed by atoms with van der Waals surface area (Å²) in [7, 11) is 1.47. The highest BCUT2D eigenvalue weighted by molar-refractivity contribution is 6.33. The fourth-order valence-corrected chi connectivity index (χ4v) is 2.67. The summed E-state index contributed by atoms with van der Waals surface area (Å²) in [4.78, 5) is 18.2. The maximum Gasteiger partial charge on any atom is 0.417 e. The van der Waals surface area contributed by atoms with Gasteiger partial charge in [-0.15, -0.1) is 0 Å². The minimum atomic E-state index is -4.50. The van der Waals surface area contributed by atoms with Crippen LogP contribution in [0.25, 0.3) is 0 Å². The van der Waals surface area contributed by atoms with Gasteiger partial charge in [0.05, 0.1) is 16.3 Å². The molecule has 0 bridgehead atoms. The quantitative estimate of drug-likeness (QED) is 0.341. The summed E-state index contributed by atoms with van der Waals surface area (Å²) in [6, 6.07) is 6.43. The third kappa shape index (κ3) is 6.70. The van der Waals surface area contributed by atoms with Gasteiger partial charge < -0.3 is 9.68 Å². The van der Waals surface area contributed by atoms with Crippen LogP contribution < -0.4 is 0 Å². The third-order valence-corrected chi connectivity index (χ3v) is 4.08. The van der Waals surface area contributed by atoms with Crippen molar-refractivity contribution in [2.75, 3.05) is 13.7 Å². The van der Waals surface area contributed by atoms with Gasteiger partial charge in [-0.2, -0.15) is 13.2 Å². The van der Waals surface area contributed by atoms with Gasteiger partial charge in [-0.25, -0.2) is 0 Å². The molecule has 2 heterocycles. The van der Waals surface area contributed by atoms with Gasteiger partial charge in [0, 0.05) is 11.9 Å². The second-order valence-corrected chi connectivity index (χ2v) is 6.45. The first kappa shape index (κ1) is 22.6. The number of oxime groups is 2. The van der Waals surface area contributed by atoms with Gasteiger partial charge in [-0.05, 0) is 44.9 Å². The predicted molar refractivity (Wildman–Crippen MR) is 104 cm³/mol. The lowest BCUT2D eigenvalue weighted by molar-refractivity contribution is -0.137. The molecule has 6 nitrogen and oxygen atoms in total. The second-order valence-electron chi connectivity index (χ2n) is 6.04. The molecule has 10 heteroatoms. The van der Waals surface area contributed by atoms with Crippen LogP contribution in [0, 0.1) is 0 Å². The van der Waals surface area contributed by atoms with Crippen molar-refractivity contribution in [1.29, 1.82) is 0 Å². The number of rotatable bonds is 8. The van der Waals surface area contributed by atoms with Crippen molar-refractivity contribution in [3.05, 3.63) is 58.1 Å². The predicted octanol–water partition coefficient (Wildman–Crippen LogP) is 4.89. The molecule has 0 spiro atoms. The van der Waals surface area contributed by atoms with E-state index in [-0.39, 0.29) is 16.4 Å². The van der Waals surface area contributed by atoms with E-state index < -0.39 is 11.7 Å². The van der Waals surface area contributed by atoms with Crippen molar-refractivity contribution in [3.8, 4) is 0 Å². The highest BCUT2D eigenvalue weighted by Crippen LogP contribution is 2.31. The van der Waals surface area contributed by atoms with Gasteiger partial charge in [-0.1, -0.05) is 28.0 Å². The Hall–Kier alpha value is -2.68. The van der Waals surface area contributed by atoms with Crippen molar-refractivity contribution < 1.29 is 22.8 Å². The molecule has 0 saturated carbocycles. The standard InChI is InChI=1S/C19H20ClF3N4O2/c1-12(26-28-3)17-8-4-6-15(25-17)7-5-9-29-27-13(2)18-16(20)10-14(11-24-18)19(21,22)23/h4,6,8,10-11H,5,7,9H2,1-3H3/b26-12+,27-13+. The highest BCUT2D eigenvalue weighted by atomic mass is 35.5. The number of nitrogens with zero attached hydrogens (tertiary/aromatic N) is 4. The summed E-state index contributed by atoms with van der Waals surface area (Å²) in [6.07, 6.45) is -2.49. The van der Waals surface area contributed by atoms with Gasteiger partial charge in [0.1, 0.15) is 30.8 Å². The van der Waals surface area contributed by atoms with E-state index in [0.717, 1.165) is 17.5 Å². The Morgan fingerprint density at radius 2 is 1.93 bits per heavy atom. The molecular formula is C19H20ClF3N4O2. The van der Waals surface area contributed by atoms with E-state index in [9.17, 15) is 13.2 Å². The van der Waals surface area contributed by atoms with Gasteiger partial charge in [0.25, 0.3) is 0 Å². The van der Waals surface area contributed by atoms with Gasteiger partial charge in [0.2, 0.25) is 0 Å². The van der Waals surface area contributed by atoms with Crippen molar-refractivity contribution in [2.45, 2.75) is 32.9 Å². The summed E-state index contributed by atoms with van der Waals surface area (Å²) in [5.74, 6) is 0. The van der Waals surface area contributed by atoms with Crippen molar-refractivity contribution in [2.24, 2.45) is 10.3 Å². The lowest BCUT2D eigenvalue weighted by atomic mass is 10.2. The SMILES string of the molecule is CO/N=C(\C)c1cccc(CCCO/N=C(\C)c2ncc(C(F)(F)F)cc2Cl)n1. The van der Waals surface area contributed by atoms with Gasteiger partial charge in [-0.3, -0.25) is 9.97 Å². The Morgan fingerprint density at radius 1 is 1.17 bits per heavy atom. The molecule has 0 fully saturated rings. The van der Waals surface area contributed by atoms with E-state index in [2.05, 4.69) is 20.3 Å². The first-order valence-electron chi connectivity index (χ1n) is 8.66. The molecule has 0 unspecified atom stereocenters. The van der Waals surface area contributed by atoms with Crippen molar-refractivity contribution >= 4 is 23.0 Å². The van der Waals surface area contributed by atoms with Crippen LogP contribution >= 0.6 is 11.6 Å². The van der Waals surface area contributed by atoms with Gasteiger partial charge >= 0.3 is 6.18 Å². The largest absolute Gasteiger partial charge is 0.417 e. The Bertz CT molecular complexity index is 901. The zero-order valence-corrected chi connectivity index (χ0v) is 16.9. The normalized spacial score (nSPS) is 12.8. The average molecular weight is 429 g/mol. The molecule has 29 heavy (non-hydrogen) atoms. The lowest BCUT2D eigenvalue weighted by Gasteiger charge is -2.09. The molecule has 2 rings (SSSR count). The van der Waals surface area contributed by atoms with Crippen LogP contribution in [0.5, 0.6) is 0 Å². The smallest absolute Gasteiger partial charge is 0.399 e. The zero-order valence-electron chi connectivity index (χ0n) is 16.1. The van der Waals surface area contributed by atoms with Crippen LogP contribution in [0.4, 0.5) is 13.2 Å². The van der Waals surface area contributed by atoms with E-state index in [4.69, 9.17) is 21.3 Å². The molecule has 156 valence electrons. The number of aromatic nitrogens is 2. The number of aryl methyl sites for hydroxylation is 1. The third-order valence-electron chi connectivity index (χ3n) is 3.79. The minimum Gasteiger partial charge on any atom is -0.399 e. The Morgan fingerprint density at radius 3 is 2.59 bits per heavy atom. The summed E-state index contributed by atoms with van der Waals surface area (Å²) in [5, 5.41) is 7.59. The monoisotopic (exact) mass is 428 g/mol. The number of pyridine rings is 2. The molecule has 0 amide bonds. The maximum absolute atomic E-state index is 12.7. The van der Waals surface area contributed by atoms with Crippen LogP contribution in [0.15, 0.2) is 40.8 Å². The fourth-order valence-electron chi connectivity index (χ4n) is 2.37. The Balaban J connectivity index is 1.89. The van der Waals surface area contributed by atoms with Crippen LogP contribution in [-0.4, -0.2) is 35.1 Å². The summed E-state index contributed by atoms with van der Waals surface area (Å²) in [6.45, 7) is 3.66. The van der Waals surface area contributed by atoms with E-state index >= 15 is 0 Å². The number of alkyl halides is 3. The fraction of sp³-hybridized carbons (Fsp3) is 0.368. The molecule has 0 radical (unpaired) electrons. The number of hydrogen-bond acceptors (Lipinski definition) is 6. The Kier molecular flexibility index (Phi) is 7.95. The van der Waals surface area contributed by atoms with E-state index in [1.54, 1.807) is 13.8 Å². The second kappa shape index (κ2) is 10.2. The van der Waals surface area contributed by atoms with Crippen molar-refractivity contribution in [3.63, 3.8) is 0 Å². The molecule has 2 aromatic heterocycles. The number of halogens is 4. The molecule has 2 aromatic rings. The highest BCUT2D eigenvalue weighted by Gasteiger charge is 2.31. The van der Waals surface area contributed by atoms with Crippen LogP contribution in [0.1, 0.15) is 42.9 Å². The minimum absolute atomic E-state index is 0.140. The van der Waals surface area contributed by atoms with Crippen molar-refractivity contribution in [1.82, 2.24) is 9.97 Å². The molecule has 0 atom stereocenters. The summed E-state index contributed by atoms with van der Waals surface area (Å²) < 4.78 is 38.0. The molecule has 0 aromatic carbocycles. The molecule has 0 aliphatic heterocycles. The molecule has 0 aliphatic carbocycles. The summed E-state index contributed by atoms with van der Waals surface area (Å²) in [5.41, 5.74) is 1.77. The maximum atomic E-state index is 12.7. The first-order chi connectivity index (χ1) is 13.7. The van der Waals surface area contributed by atoms with E-state index in [0.29, 0.717) is 31.4 Å². The Labute approximate surface area is 171 Å². The van der Waals surface area contributed by atoms with Crippen LogP contribution in [0.2, 0.25) is 5.02 Å². The van der Waals surface area contributed by atoms with Crippen LogP contribution in [-0.2, 0) is 22.3 Å². The van der Waals surface area contributed by atoms with Crippen LogP contribution in [0.3, 0.4) is 0 Å². The summed E-state index contributed by atoms with van der Waals surface area (Å²) >= 11 is 5.89. The van der Waals surface area contributed by atoms with E-state index in [1.807, 2.05) is 18.2 Å². The van der Waals surface area contributed by atoms with Gasteiger partial charge in [0.15, 0.2) is 0 Å². The zero-order chi connectivity index (χ0) is 21.4. The average Bonchev–Trinajstić information content (AvgIpc) is 2.67. The molecular weight excluding hydrogens is 409 g/mol. The molecule has 0 aliphatic rings. The molecule has 0 saturated heterocycles. The van der Waals surface area contributed by atoms with E-state index in [1.165, 1.54) is 7.11 Å². The number of hydrogen-bond donors (Lipinski definition) is 0. The lowest BCUT2D eigenvalue weighted by Crippen LogP contribution is -2.09. The topological polar surface area (TPSA) is 69.0 Å². The first-order valence-corrected chi connectivity index (χ1v) is 9.04. The molecule has 0 N–H and O–H groups in total.